The molecule has 0 aliphatic rings. The van der Waals surface area contributed by atoms with Crippen molar-refractivity contribution in [1.29, 1.82) is 0 Å². The Balaban J connectivity index is 0.00000316. The summed E-state index contributed by atoms with van der Waals surface area (Å²) in [5.41, 5.74) is 5.27. The van der Waals surface area contributed by atoms with Gasteiger partial charge in [0.05, 0.1) is 0 Å². The summed E-state index contributed by atoms with van der Waals surface area (Å²) in [5, 5.41) is 4.47. The Bertz CT molecular complexity index is 1920. The molecule has 42 heavy (non-hydrogen) atoms. The molecule has 4 aromatic carbocycles. The largest absolute Gasteiger partial charge is 2.00 e. The van der Waals surface area contributed by atoms with E-state index in [1.807, 2.05) is 42.7 Å². The zero-order chi connectivity index (χ0) is 27.8. The van der Waals surface area contributed by atoms with Crippen LogP contribution in [0.25, 0.3) is 27.5 Å². The van der Waals surface area contributed by atoms with E-state index in [9.17, 15) is 0 Å². The predicted molar refractivity (Wildman–Crippen MR) is 172 cm³/mol. The Hall–Kier alpha value is -4.31. The average molecular weight is 740 g/mol. The van der Waals surface area contributed by atoms with E-state index in [1.54, 1.807) is 0 Å². The van der Waals surface area contributed by atoms with Gasteiger partial charge >= 0.3 is 21.1 Å². The van der Waals surface area contributed by atoms with Crippen LogP contribution >= 0.6 is 0 Å². The van der Waals surface area contributed by atoms with Crippen LogP contribution in [0.3, 0.4) is 0 Å². The Morgan fingerprint density at radius 2 is 1.24 bits per heavy atom. The van der Waals surface area contributed by atoms with Gasteiger partial charge in [-0.15, -0.1) is 29.5 Å². The molecule has 7 aromatic rings. The third-order valence-corrected chi connectivity index (χ3v) is 10.9. The maximum Gasteiger partial charge on any atom is 2.00 e. The van der Waals surface area contributed by atoms with Gasteiger partial charge < -0.3 is 9.47 Å². The van der Waals surface area contributed by atoms with Gasteiger partial charge in [0.2, 0.25) is 0 Å². The number of rotatable bonds is 6. The smallest absolute Gasteiger partial charge is 0.409 e. The zero-order valence-electron chi connectivity index (χ0n) is 23.3. The molecule has 0 bridgehead atoms. The summed E-state index contributed by atoms with van der Waals surface area (Å²) in [4.78, 5) is 11.6. The second-order valence-corrected chi connectivity index (χ2v) is 14.9. The van der Waals surface area contributed by atoms with E-state index in [0.29, 0.717) is 0 Å². The Morgan fingerprint density at radius 3 is 1.90 bits per heavy atom. The molecule has 0 amide bonds. The molecule has 0 N–H and O–H groups in total. The van der Waals surface area contributed by atoms with Crippen molar-refractivity contribution in [2.75, 3.05) is 4.90 Å². The summed E-state index contributed by atoms with van der Waals surface area (Å²) in [5.74, 6) is 0.842. The normalized spacial score (nSPS) is 11.4. The molecule has 0 spiro atoms. The predicted octanol–water partition coefficient (Wildman–Crippen LogP) is 7.46. The summed E-state index contributed by atoms with van der Waals surface area (Å²) in [6, 6.07) is 49.5. The second kappa shape index (κ2) is 11.5. The van der Waals surface area contributed by atoms with E-state index >= 15 is 0 Å². The molecule has 206 valence electrons. The van der Waals surface area contributed by atoms with E-state index in [-0.39, 0.29) is 21.1 Å². The first-order chi connectivity index (χ1) is 20.1. The summed E-state index contributed by atoms with van der Waals surface area (Å²) < 4.78 is 2.31. The molecule has 7 rings (SSSR count). The first-order valence-electron chi connectivity index (χ1n) is 13.8. The third kappa shape index (κ3) is 4.89. The maximum atomic E-state index is 4.74. The number of fused-ring (bicyclic) bond motifs is 3. The van der Waals surface area contributed by atoms with Crippen molar-refractivity contribution < 1.29 is 21.1 Å². The molecule has 0 aliphatic carbocycles. The van der Waals surface area contributed by atoms with Crippen LogP contribution in [0.5, 0.6) is 0 Å². The van der Waals surface area contributed by atoms with Crippen molar-refractivity contribution in [3.63, 3.8) is 0 Å². The summed E-state index contributed by atoms with van der Waals surface area (Å²) in [6.45, 7) is 4.69. The monoisotopic (exact) mass is 739 g/mol. The van der Waals surface area contributed by atoms with Gasteiger partial charge in [0.1, 0.15) is 13.9 Å². The SMILES string of the molecule is C[Si](C)(c1[c-]c2c3[c-]c(N(c4ccccc4)c4ccccn4)ccc3n(-c3ccccc3)c2cc1)c1ccccn1.[Pt+2]. The van der Waals surface area contributed by atoms with Crippen LogP contribution in [0.1, 0.15) is 0 Å². The molecule has 4 nitrogen and oxygen atoms in total. The minimum absolute atomic E-state index is 0. The molecule has 0 aliphatic heterocycles. The van der Waals surface area contributed by atoms with Gasteiger partial charge in [0.15, 0.2) is 0 Å². The molecule has 3 aromatic heterocycles. The van der Waals surface area contributed by atoms with Crippen LogP contribution in [-0.4, -0.2) is 22.6 Å². The standard InChI is InChI=1S/C36H28N4Si.Pt/c1-41(2,36-18-10-12-24-38-36)30-20-22-34-32(26-30)31-25-29(19-21-33(31)40(34)28-15-7-4-8-16-28)39(27-13-5-3-6-14-27)35-17-9-11-23-37-35;/h3-24H,1-2H3;/q-2;+2. The third-order valence-electron chi connectivity index (χ3n) is 7.69. The van der Waals surface area contributed by atoms with Gasteiger partial charge in [-0.2, -0.15) is 17.5 Å². The van der Waals surface area contributed by atoms with Gasteiger partial charge in [-0.05, 0) is 54.2 Å². The molecular formula is C36H28N4PtSi. The van der Waals surface area contributed by atoms with Crippen LogP contribution in [0.15, 0.2) is 134 Å². The fourth-order valence-electron chi connectivity index (χ4n) is 5.52. The second-order valence-electron chi connectivity index (χ2n) is 10.6. The van der Waals surface area contributed by atoms with Crippen LogP contribution in [0.4, 0.5) is 17.2 Å². The van der Waals surface area contributed by atoms with Gasteiger partial charge in [0, 0.05) is 29.1 Å². The number of nitrogens with zero attached hydrogens (tertiary/aromatic N) is 4. The van der Waals surface area contributed by atoms with Crippen molar-refractivity contribution in [1.82, 2.24) is 14.5 Å². The van der Waals surface area contributed by atoms with E-state index in [2.05, 4.69) is 126 Å². The van der Waals surface area contributed by atoms with Crippen LogP contribution in [0, 0.1) is 12.1 Å². The topological polar surface area (TPSA) is 34.0 Å². The van der Waals surface area contributed by atoms with Crippen LogP contribution in [-0.2, 0) is 21.1 Å². The van der Waals surface area contributed by atoms with Gasteiger partial charge in [0.25, 0.3) is 0 Å². The average Bonchev–Trinajstić information content (AvgIpc) is 3.36. The van der Waals surface area contributed by atoms with E-state index < -0.39 is 8.07 Å². The van der Waals surface area contributed by atoms with Gasteiger partial charge in [-0.25, -0.2) is 10.4 Å². The molecular weight excluding hydrogens is 712 g/mol. The quantitative estimate of drug-likeness (QED) is 0.131. The number of aromatic nitrogens is 3. The Labute approximate surface area is 261 Å². The number of hydrogen-bond donors (Lipinski definition) is 0. The fraction of sp³-hybridized carbons (Fsp3) is 0.0556. The minimum Gasteiger partial charge on any atom is -0.409 e. The zero-order valence-corrected chi connectivity index (χ0v) is 26.6. The van der Waals surface area contributed by atoms with Crippen LogP contribution < -0.4 is 15.4 Å². The number of pyridine rings is 2. The van der Waals surface area contributed by atoms with Crippen molar-refractivity contribution in [3.05, 3.63) is 146 Å². The fourth-order valence-corrected chi connectivity index (χ4v) is 7.65. The van der Waals surface area contributed by atoms with Crippen molar-refractivity contribution in [2.24, 2.45) is 0 Å². The first-order valence-corrected chi connectivity index (χ1v) is 16.8. The number of hydrogen-bond acceptors (Lipinski definition) is 3. The Kier molecular flexibility index (Phi) is 7.63. The minimum atomic E-state index is -2.08. The number of para-hydroxylation sites is 2. The van der Waals surface area contributed by atoms with E-state index in [4.69, 9.17) is 9.97 Å². The van der Waals surface area contributed by atoms with Crippen molar-refractivity contribution in [3.8, 4) is 5.69 Å². The molecule has 0 atom stereocenters. The summed E-state index contributed by atoms with van der Waals surface area (Å²) >= 11 is 0. The summed E-state index contributed by atoms with van der Waals surface area (Å²) in [6.07, 6.45) is 3.72. The molecule has 3 heterocycles. The molecule has 0 saturated carbocycles. The molecule has 0 unspecified atom stereocenters. The maximum absolute atomic E-state index is 4.74. The van der Waals surface area contributed by atoms with Crippen LogP contribution in [0.2, 0.25) is 13.1 Å². The number of anilines is 3. The first kappa shape index (κ1) is 27.8. The van der Waals surface area contributed by atoms with E-state index in [0.717, 1.165) is 50.0 Å². The van der Waals surface area contributed by atoms with Gasteiger partial charge in [-0.3, -0.25) is 4.98 Å². The van der Waals surface area contributed by atoms with Gasteiger partial charge in [-0.1, -0.05) is 72.7 Å². The summed E-state index contributed by atoms with van der Waals surface area (Å²) in [7, 11) is -2.08. The van der Waals surface area contributed by atoms with E-state index in [1.165, 1.54) is 5.19 Å². The molecule has 0 saturated heterocycles. The Morgan fingerprint density at radius 1 is 0.619 bits per heavy atom. The van der Waals surface area contributed by atoms with Crippen molar-refractivity contribution >= 4 is 57.6 Å². The molecule has 0 radical (unpaired) electrons. The number of benzene rings is 4. The molecule has 6 heteroatoms. The molecule has 0 fully saturated rings. The van der Waals surface area contributed by atoms with Crippen molar-refractivity contribution in [2.45, 2.75) is 13.1 Å².